The summed E-state index contributed by atoms with van der Waals surface area (Å²) in [5, 5.41) is 15.2. The van der Waals surface area contributed by atoms with Gasteiger partial charge in [0, 0.05) is 57.9 Å². The summed E-state index contributed by atoms with van der Waals surface area (Å²) in [6, 6.07) is 5.64. The van der Waals surface area contributed by atoms with E-state index in [1.54, 1.807) is 36.3 Å². The number of nitrogens with one attached hydrogen (secondary N) is 2. The van der Waals surface area contributed by atoms with Crippen molar-refractivity contribution in [2.24, 2.45) is 0 Å². The number of benzene rings is 1. The van der Waals surface area contributed by atoms with Crippen molar-refractivity contribution in [3.63, 3.8) is 0 Å². The van der Waals surface area contributed by atoms with E-state index >= 15 is 0 Å². The molecule has 0 bridgehead atoms. The number of halogens is 2. The van der Waals surface area contributed by atoms with Crippen LogP contribution >= 0.6 is 0 Å². The minimum Gasteiger partial charge on any atom is -0.481 e. The van der Waals surface area contributed by atoms with Crippen molar-refractivity contribution in [3.8, 4) is 17.3 Å². The fourth-order valence-electron chi connectivity index (χ4n) is 4.97. The second-order valence-corrected chi connectivity index (χ2v) is 10.0. The first-order chi connectivity index (χ1) is 20.9. The van der Waals surface area contributed by atoms with Crippen molar-refractivity contribution in [1.82, 2.24) is 44.9 Å². The number of piperazine rings is 1. The lowest BCUT2D eigenvalue weighted by Crippen LogP contribution is -2.47. The number of amides is 1. The van der Waals surface area contributed by atoms with Crippen molar-refractivity contribution in [2.45, 2.75) is 6.54 Å². The first kappa shape index (κ1) is 28.3. The number of furan rings is 1. The molecule has 43 heavy (non-hydrogen) atoms. The van der Waals surface area contributed by atoms with Gasteiger partial charge in [0.15, 0.2) is 35.2 Å². The predicted octanol–water partition coefficient (Wildman–Crippen LogP) is 1.13. The molecule has 226 valence electrons. The Morgan fingerprint density at radius 2 is 1.93 bits per heavy atom. The molecule has 1 fully saturated rings. The first-order valence-electron chi connectivity index (χ1n) is 13.8. The number of rotatable bonds is 11. The largest absolute Gasteiger partial charge is 0.481 e. The van der Waals surface area contributed by atoms with Crippen LogP contribution in [-0.4, -0.2) is 99.6 Å². The van der Waals surface area contributed by atoms with Gasteiger partial charge < -0.3 is 30.4 Å². The number of carbonyl (C=O) groups is 1. The highest BCUT2D eigenvalue weighted by atomic mass is 19.1. The van der Waals surface area contributed by atoms with Gasteiger partial charge in [-0.3, -0.25) is 9.69 Å². The van der Waals surface area contributed by atoms with Crippen LogP contribution in [0.4, 0.5) is 20.4 Å². The van der Waals surface area contributed by atoms with Crippen LogP contribution in [0.3, 0.4) is 0 Å². The van der Waals surface area contributed by atoms with Gasteiger partial charge in [-0.05, 0) is 19.2 Å². The molecule has 1 aliphatic heterocycles. The number of ether oxygens (including phenoxy) is 1. The first-order valence-corrected chi connectivity index (χ1v) is 13.8. The summed E-state index contributed by atoms with van der Waals surface area (Å²) in [4.78, 5) is 25.1. The normalized spacial score (nSPS) is 14.2. The van der Waals surface area contributed by atoms with Gasteiger partial charge in [-0.2, -0.15) is 14.6 Å². The number of aromatic nitrogens is 6. The lowest BCUT2D eigenvalue weighted by atomic mass is 10.2. The maximum absolute atomic E-state index is 14.7. The maximum atomic E-state index is 14.7. The van der Waals surface area contributed by atoms with E-state index in [0.29, 0.717) is 80.6 Å². The van der Waals surface area contributed by atoms with Crippen molar-refractivity contribution in [2.75, 3.05) is 70.1 Å². The Morgan fingerprint density at radius 3 is 2.70 bits per heavy atom. The molecule has 0 saturated carbocycles. The fraction of sp³-hybridized carbons (Fsp3) is 0.370. The number of carbonyl (C=O) groups excluding carboxylic acids is 1. The number of nitrogens with zero attached hydrogens (tertiary/aromatic N) is 8. The second kappa shape index (κ2) is 12.2. The van der Waals surface area contributed by atoms with Crippen molar-refractivity contribution >= 4 is 34.2 Å². The summed E-state index contributed by atoms with van der Waals surface area (Å²) in [7, 11) is 1.77. The summed E-state index contributed by atoms with van der Waals surface area (Å²) in [6.45, 7) is 4.21. The Kier molecular flexibility index (Phi) is 8.02. The van der Waals surface area contributed by atoms with Crippen LogP contribution in [0.15, 0.2) is 41.1 Å². The van der Waals surface area contributed by atoms with E-state index in [9.17, 15) is 13.6 Å². The highest BCUT2D eigenvalue weighted by molar-refractivity contribution is 5.90. The molecule has 1 saturated heterocycles. The van der Waals surface area contributed by atoms with Crippen LogP contribution in [0.5, 0.6) is 5.75 Å². The minimum atomic E-state index is -0.857. The third-order valence-corrected chi connectivity index (χ3v) is 7.24. The number of nitrogens with two attached hydrogens (primary N) is 1. The number of nitrogen functional groups attached to an aromatic ring is 1. The van der Waals surface area contributed by atoms with Crippen LogP contribution in [0.2, 0.25) is 0 Å². The molecule has 5 heterocycles. The molecular weight excluding hydrogens is 564 g/mol. The molecule has 0 radical (unpaired) electrons. The maximum Gasteiger partial charge on any atom is 0.257 e. The number of fused-ring (bicyclic) bond motifs is 3. The van der Waals surface area contributed by atoms with E-state index in [1.165, 1.54) is 10.6 Å². The molecule has 0 atom stereocenters. The lowest BCUT2D eigenvalue weighted by molar-refractivity contribution is -0.123. The Hall–Kier alpha value is -4.83. The van der Waals surface area contributed by atoms with E-state index in [4.69, 9.17) is 14.9 Å². The van der Waals surface area contributed by atoms with Gasteiger partial charge in [0.1, 0.15) is 5.82 Å². The smallest absolute Gasteiger partial charge is 0.257 e. The predicted molar refractivity (Wildman–Crippen MR) is 154 cm³/mol. The lowest BCUT2D eigenvalue weighted by Gasteiger charge is -2.36. The van der Waals surface area contributed by atoms with Crippen LogP contribution in [0.25, 0.3) is 28.3 Å². The highest BCUT2D eigenvalue weighted by Gasteiger charge is 2.23. The quantitative estimate of drug-likeness (QED) is 0.188. The summed E-state index contributed by atoms with van der Waals surface area (Å²) in [5.41, 5.74) is 7.56. The van der Waals surface area contributed by atoms with Crippen molar-refractivity contribution in [3.05, 3.63) is 48.4 Å². The van der Waals surface area contributed by atoms with Crippen molar-refractivity contribution in [1.29, 1.82) is 0 Å². The number of likely N-dealkylation sites (N-methyl/N-ethyl adjacent to an activating group) is 1. The topological polar surface area (TPSA) is 157 Å². The molecule has 16 heteroatoms. The van der Waals surface area contributed by atoms with Crippen molar-refractivity contribution < 1.29 is 22.7 Å². The number of hydrogen-bond acceptors (Lipinski definition) is 11. The van der Waals surface area contributed by atoms with Gasteiger partial charge in [0.25, 0.3) is 5.91 Å². The van der Waals surface area contributed by atoms with E-state index < -0.39 is 11.6 Å². The molecule has 4 aromatic heterocycles. The van der Waals surface area contributed by atoms with Crippen LogP contribution in [0, 0.1) is 11.6 Å². The van der Waals surface area contributed by atoms with Crippen LogP contribution in [-0.2, 0) is 11.3 Å². The summed E-state index contributed by atoms with van der Waals surface area (Å²) in [5.74, 6) is -0.988. The van der Waals surface area contributed by atoms with E-state index in [1.807, 2.05) is 4.90 Å². The molecule has 1 aromatic carbocycles. The Bertz CT molecular complexity index is 1730. The van der Waals surface area contributed by atoms with E-state index in [-0.39, 0.29) is 29.9 Å². The third-order valence-electron chi connectivity index (χ3n) is 7.24. The standard InChI is InChI=1S/C27H31F2N11O3/c1-31-4-5-32-23(41)16-43-22-14-20(18(28)13-19(22)29)38-9-6-37(7-10-38)8-11-39-25-17(15-33-39)26-34-24(21-3-2-12-42-21)36-40(26)27(30)35-25/h2-3,12-15,31H,4-11,16H2,1H3,(H2,30,35)(H,32,41). The Morgan fingerprint density at radius 1 is 1.09 bits per heavy atom. The summed E-state index contributed by atoms with van der Waals surface area (Å²) < 4.78 is 43.1. The third kappa shape index (κ3) is 5.91. The Labute approximate surface area is 244 Å². The zero-order chi connectivity index (χ0) is 29.9. The number of hydrogen-bond donors (Lipinski definition) is 3. The molecule has 4 N–H and O–H groups in total. The molecule has 0 spiro atoms. The molecule has 1 amide bonds. The van der Waals surface area contributed by atoms with Gasteiger partial charge in [-0.25, -0.2) is 18.4 Å². The zero-order valence-electron chi connectivity index (χ0n) is 23.5. The average Bonchev–Trinajstić information content (AvgIpc) is 3.76. The van der Waals surface area contributed by atoms with Crippen LogP contribution in [0.1, 0.15) is 0 Å². The molecule has 1 aliphatic rings. The Balaban J connectivity index is 1.07. The van der Waals surface area contributed by atoms with E-state index in [2.05, 4.69) is 35.7 Å². The monoisotopic (exact) mass is 595 g/mol. The molecule has 5 aromatic rings. The summed E-state index contributed by atoms with van der Waals surface area (Å²) >= 11 is 0. The number of anilines is 2. The second-order valence-electron chi connectivity index (χ2n) is 10.0. The van der Waals surface area contributed by atoms with Gasteiger partial charge in [-0.1, -0.05) is 0 Å². The van der Waals surface area contributed by atoms with Gasteiger partial charge in [0.2, 0.25) is 11.8 Å². The molecule has 0 aliphatic carbocycles. The SMILES string of the molecule is CNCCNC(=O)COc1cc(N2CCN(CCn3ncc4c3nc(N)n3nc(-c5ccco5)nc43)CC2)c(F)cc1F. The van der Waals surface area contributed by atoms with Gasteiger partial charge in [0.05, 0.1) is 30.1 Å². The average molecular weight is 596 g/mol. The molecular formula is C27H31F2N11O3. The fourth-order valence-corrected chi connectivity index (χ4v) is 4.97. The van der Waals surface area contributed by atoms with Crippen LogP contribution < -0.4 is 26.0 Å². The molecule has 14 nitrogen and oxygen atoms in total. The van der Waals surface area contributed by atoms with E-state index in [0.717, 1.165) is 6.07 Å². The minimum absolute atomic E-state index is 0.169. The molecule has 6 rings (SSSR count). The summed E-state index contributed by atoms with van der Waals surface area (Å²) in [6.07, 6.45) is 3.24. The zero-order valence-corrected chi connectivity index (χ0v) is 23.5. The highest BCUT2D eigenvalue weighted by Crippen LogP contribution is 2.29. The van der Waals surface area contributed by atoms with Gasteiger partial charge >= 0.3 is 0 Å². The van der Waals surface area contributed by atoms with Gasteiger partial charge in [-0.15, -0.1) is 5.10 Å². The molecule has 0 unspecified atom stereocenters.